The van der Waals surface area contributed by atoms with Gasteiger partial charge in [0, 0.05) is 13.0 Å². The van der Waals surface area contributed by atoms with E-state index < -0.39 is 6.10 Å². The molecular formula is C16H23N3O. The fraction of sp³-hybridized carbons (Fsp3) is 0.500. The molecule has 0 spiro atoms. The third kappa shape index (κ3) is 3.45. The van der Waals surface area contributed by atoms with E-state index in [0.29, 0.717) is 12.3 Å². The lowest BCUT2D eigenvalue weighted by atomic mass is 9.99. The van der Waals surface area contributed by atoms with E-state index >= 15 is 0 Å². The summed E-state index contributed by atoms with van der Waals surface area (Å²) in [6, 6.07) is 6.13. The molecule has 0 aliphatic heterocycles. The van der Waals surface area contributed by atoms with Crippen molar-refractivity contribution < 1.29 is 5.11 Å². The number of aryl methyl sites for hydroxylation is 2. The number of aliphatic hydroxyl groups is 1. The van der Waals surface area contributed by atoms with Crippen LogP contribution >= 0.6 is 0 Å². The van der Waals surface area contributed by atoms with Crippen molar-refractivity contribution in [2.24, 2.45) is 5.92 Å². The Hall–Kier alpha value is -1.68. The largest absolute Gasteiger partial charge is 0.388 e. The highest BCUT2D eigenvalue weighted by atomic mass is 16.3. The van der Waals surface area contributed by atoms with Crippen LogP contribution in [0.25, 0.3) is 0 Å². The highest BCUT2D eigenvalue weighted by molar-refractivity contribution is 5.32. The lowest BCUT2D eigenvalue weighted by molar-refractivity contribution is 0.172. The Kier molecular flexibility index (Phi) is 4.55. The molecular weight excluding hydrogens is 250 g/mol. The smallest absolute Gasteiger partial charge is 0.138 e. The Bertz CT molecular complexity index is 575. The average molecular weight is 273 g/mol. The summed E-state index contributed by atoms with van der Waals surface area (Å²) in [5, 5.41) is 14.7. The van der Waals surface area contributed by atoms with Crippen molar-refractivity contribution in [3.05, 3.63) is 47.0 Å². The number of aliphatic hydroxyl groups excluding tert-OH is 1. The predicted octanol–water partition coefficient (Wildman–Crippen LogP) is 2.83. The van der Waals surface area contributed by atoms with Gasteiger partial charge in [0.2, 0.25) is 0 Å². The molecule has 1 atom stereocenters. The molecule has 1 aromatic heterocycles. The van der Waals surface area contributed by atoms with E-state index in [2.05, 4.69) is 36.9 Å². The van der Waals surface area contributed by atoms with Crippen LogP contribution in [0.4, 0.5) is 0 Å². The van der Waals surface area contributed by atoms with E-state index in [0.717, 1.165) is 23.5 Å². The van der Waals surface area contributed by atoms with Crippen LogP contribution in [0, 0.1) is 19.8 Å². The van der Waals surface area contributed by atoms with Crippen molar-refractivity contribution in [2.45, 2.75) is 46.8 Å². The Morgan fingerprint density at radius 3 is 2.65 bits per heavy atom. The van der Waals surface area contributed by atoms with Crippen LogP contribution in [0.3, 0.4) is 0 Å². The minimum atomic E-state index is -0.536. The van der Waals surface area contributed by atoms with Gasteiger partial charge in [0.25, 0.3) is 0 Å². The molecule has 0 saturated heterocycles. The maximum Gasteiger partial charge on any atom is 0.138 e. The molecule has 0 saturated carbocycles. The van der Waals surface area contributed by atoms with Crippen LogP contribution in [-0.2, 0) is 13.0 Å². The second-order valence-corrected chi connectivity index (χ2v) is 5.83. The zero-order chi connectivity index (χ0) is 14.7. The first kappa shape index (κ1) is 14.7. The van der Waals surface area contributed by atoms with E-state index in [-0.39, 0.29) is 0 Å². The Morgan fingerprint density at radius 1 is 1.25 bits per heavy atom. The van der Waals surface area contributed by atoms with Gasteiger partial charge >= 0.3 is 0 Å². The molecule has 108 valence electrons. The van der Waals surface area contributed by atoms with Crippen LogP contribution in [-0.4, -0.2) is 19.9 Å². The van der Waals surface area contributed by atoms with Crippen LogP contribution in [0.15, 0.2) is 24.5 Å². The number of hydrogen-bond donors (Lipinski definition) is 1. The third-order valence-electron chi connectivity index (χ3n) is 3.39. The molecule has 2 rings (SSSR count). The van der Waals surface area contributed by atoms with E-state index in [1.807, 2.05) is 23.7 Å². The molecule has 4 heteroatoms. The van der Waals surface area contributed by atoms with Gasteiger partial charge in [0.1, 0.15) is 12.2 Å². The minimum Gasteiger partial charge on any atom is -0.388 e. The van der Waals surface area contributed by atoms with Gasteiger partial charge in [0.05, 0.1) is 6.10 Å². The summed E-state index contributed by atoms with van der Waals surface area (Å²) in [6.45, 7) is 9.21. The zero-order valence-corrected chi connectivity index (χ0v) is 12.7. The van der Waals surface area contributed by atoms with Gasteiger partial charge in [0.15, 0.2) is 0 Å². The predicted molar refractivity (Wildman–Crippen MR) is 79.4 cm³/mol. The van der Waals surface area contributed by atoms with E-state index in [4.69, 9.17) is 0 Å². The molecule has 1 heterocycles. The van der Waals surface area contributed by atoms with Crippen molar-refractivity contribution in [1.29, 1.82) is 0 Å². The Morgan fingerprint density at radius 2 is 2.00 bits per heavy atom. The lowest BCUT2D eigenvalue weighted by Gasteiger charge is -2.15. The van der Waals surface area contributed by atoms with E-state index in [1.165, 1.54) is 5.56 Å². The summed E-state index contributed by atoms with van der Waals surface area (Å²) < 4.78 is 1.89. The Labute approximate surface area is 120 Å². The highest BCUT2D eigenvalue weighted by Crippen LogP contribution is 2.22. The first-order valence-electron chi connectivity index (χ1n) is 7.09. The maximum absolute atomic E-state index is 10.4. The van der Waals surface area contributed by atoms with Gasteiger partial charge in [-0.15, -0.1) is 0 Å². The fourth-order valence-corrected chi connectivity index (χ4v) is 2.43. The molecule has 20 heavy (non-hydrogen) atoms. The standard InChI is InChI=1S/C16H23N3O/c1-11(2)9-19-16(17-10-18-19)8-15(20)14-6-5-12(3)7-13(14)4/h5-7,10-11,15,20H,8-9H2,1-4H3. The van der Waals surface area contributed by atoms with Gasteiger partial charge in [-0.3, -0.25) is 0 Å². The quantitative estimate of drug-likeness (QED) is 0.911. The SMILES string of the molecule is Cc1ccc(C(O)Cc2ncnn2CC(C)C)c(C)c1. The number of aromatic nitrogens is 3. The molecule has 0 amide bonds. The fourth-order valence-electron chi connectivity index (χ4n) is 2.43. The van der Waals surface area contributed by atoms with Gasteiger partial charge in [-0.2, -0.15) is 5.10 Å². The van der Waals surface area contributed by atoms with Crippen LogP contribution in [0.1, 0.15) is 42.5 Å². The Balaban J connectivity index is 2.15. The summed E-state index contributed by atoms with van der Waals surface area (Å²) >= 11 is 0. The molecule has 0 radical (unpaired) electrons. The van der Waals surface area contributed by atoms with E-state index in [9.17, 15) is 5.11 Å². The molecule has 1 aromatic carbocycles. The van der Waals surface area contributed by atoms with Crippen molar-refractivity contribution in [3.63, 3.8) is 0 Å². The minimum absolute atomic E-state index is 0.497. The molecule has 0 aliphatic rings. The van der Waals surface area contributed by atoms with Crippen molar-refractivity contribution in [2.75, 3.05) is 0 Å². The van der Waals surface area contributed by atoms with Crippen molar-refractivity contribution in [3.8, 4) is 0 Å². The van der Waals surface area contributed by atoms with Crippen LogP contribution in [0.5, 0.6) is 0 Å². The molecule has 0 aliphatic carbocycles. The number of rotatable bonds is 5. The molecule has 1 N–H and O–H groups in total. The second kappa shape index (κ2) is 6.18. The molecule has 2 aromatic rings. The van der Waals surface area contributed by atoms with Crippen molar-refractivity contribution in [1.82, 2.24) is 14.8 Å². The average Bonchev–Trinajstić information content (AvgIpc) is 2.75. The van der Waals surface area contributed by atoms with Gasteiger partial charge in [-0.05, 0) is 30.9 Å². The first-order chi connectivity index (χ1) is 9.47. The number of benzene rings is 1. The van der Waals surface area contributed by atoms with Gasteiger partial charge < -0.3 is 5.11 Å². The third-order valence-corrected chi connectivity index (χ3v) is 3.39. The number of hydrogen-bond acceptors (Lipinski definition) is 3. The van der Waals surface area contributed by atoms with Gasteiger partial charge in [-0.25, -0.2) is 9.67 Å². The molecule has 0 fully saturated rings. The summed E-state index contributed by atoms with van der Waals surface area (Å²) in [4.78, 5) is 4.27. The monoisotopic (exact) mass is 273 g/mol. The topological polar surface area (TPSA) is 50.9 Å². The van der Waals surface area contributed by atoms with E-state index in [1.54, 1.807) is 6.33 Å². The van der Waals surface area contributed by atoms with Crippen LogP contribution < -0.4 is 0 Å². The maximum atomic E-state index is 10.4. The normalized spacial score (nSPS) is 12.9. The van der Waals surface area contributed by atoms with Gasteiger partial charge in [-0.1, -0.05) is 37.6 Å². The van der Waals surface area contributed by atoms with Crippen LogP contribution in [0.2, 0.25) is 0 Å². The summed E-state index contributed by atoms with van der Waals surface area (Å²) in [7, 11) is 0. The van der Waals surface area contributed by atoms with Crippen molar-refractivity contribution >= 4 is 0 Å². The lowest BCUT2D eigenvalue weighted by Crippen LogP contribution is -2.14. The zero-order valence-electron chi connectivity index (χ0n) is 12.7. The summed E-state index contributed by atoms with van der Waals surface area (Å²) in [5.74, 6) is 1.35. The summed E-state index contributed by atoms with van der Waals surface area (Å²) in [6.07, 6.45) is 1.52. The second-order valence-electron chi connectivity index (χ2n) is 5.83. The summed E-state index contributed by atoms with van der Waals surface area (Å²) in [5.41, 5.74) is 3.29. The first-order valence-corrected chi connectivity index (χ1v) is 7.09. The molecule has 1 unspecified atom stereocenters. The molecule has 0 bridgehead atoms. The molecule has 4 nitrogen and oxygen atoms in total. The number of nitrogens with zero attached hydrogens (tertiary/aromatic N) is 3. The highest BCUT2D eigenvalue weighted by Gasteiger charge is 2.15.